The molecule has 0 aliphatic rings. The summed E-state index contributed by atoms with van der Waals surface area (Å²) in [5, 5.41) is 5.68. The summed E-state index contributed by atoms with van der Waals surface area (Å²) in [6.45, 7) is 2.04. The highest BCUT2D eigenvalue weighted by atomic mass is 35.5. The van der Waals surface area contributed by atoms with Gasteiger partial charge in [0, 0.05) is 22.4 Å². The van der Waals surface area contributed by atoms with Crippen molar-refractivity contribution in [3.8, 4) is 11.3 Å². The van der Waals surface area contributed by atoms with Crippen LogP contribution in [0.15, 0.2) is 29.6 Å². The Balaban J connectivity index is 1.90. The maximum absolute atomic E-state index is 11.7. The number of carbonyl (C=O) groups excluding carboxylic acids is 2. The van der Waals surface area contributed by atoms with Gasteiger partial charge in [-0.1, -0.05) is 23.7 Å². The highest BCUT2D eigenvalue weighted by Crippen LogP contribution is 2.26. The third kappa shape index (κ3) is 4.82. The molecule has 0 fully saturated rings. The van der Waals surface area contributed by atoms with Gasteiger partial charge in [-0.3, -0.25) is 9.59 Å². The zero-order valence-electron chi connectivity index (χ0n) is 12.0. The number of carbonyl (C=O) groups is 2. The molecule has 0 radical (unpaired) electrons. The fourth-order valence-electron chi connectivity index (χ4n) is 1.71. The van der Waals surface area contributed by atoms with Gasteiger partial charge in [0.2, 0.25) is 5.91 Å². The van der Waals surface area contributed by atoms with E-state index < -0.39 is 0 Å². The number of hydrogen-bond donors (Lipinski definition) is 1. The predicted octanol–water partition coefficient (Wildman–Crippen LogP) is 3.75. The van der Waals surface area contributed by atoms with E-state index in [0.29, 0.717) is 16.8 Å². The fourth-order valence-corrected chi connectivity index (χ4v) is 2.58. The zero-order valence-corrected chi connectivity index (χ0v) is 13.5. The van der Waals surface area contributed by atoms with Crippen molar-refractivity contribution in [1.29, 1.82) is 0 Å². The number of rotatable bonds is 6. The second kappa shape index (κ2) is 7.91. The minimum atomic E-state index is -0.376. The molecule has 0 atom stereocenters. The molecule has 0 unspecified atom stereocenters. The Labute approximate surface area is 137 Å². The van der Waals surface area contributed by atoms with Gasteiger partial charge in [0.05, 0.1) is 18.7 Å². The highest BCUT2D eigenvalue weighted by molar-refractivity contribution is 7.14. The molecular formula is C15H15ClN2O3S. The van der Waals surface area contributed by atoms with Crippen LogP contribution in [0, 0.1) is 0 Å². The van der Waals surface area contributed by atoms with Crippen LogP contribution in [0.2, 0.25) is 5.02 Å². The summed E-state index contributed by atoms with van der Waals surface area (Å²) in [4.78, 5) is 27.3. The summed E-state index contributed by atoms with van der Waals surface area (Å²) < 4.78 is 4.77. The van der Waals surface area contributed by atoms with Gasteiger partial charge in [-0.15, -0.1) is 11.3 Å². The molecule has 1 heterocycles. The Kier molecular flexibility index (Phi) is 5.91. The van der Waals surface area contributed by atoms with Crippen LogP contribution in [-0.4, -0.2) is 23.5 Å². The van der Waals surface area contributed by atoms with Crippen molar-refractivity contribution in [1.82, 2.24) is 4.98 Å². The molecule has 0 bridgehead atoms. The van der Waals surface area contributed by atoms with Gasteiger partial charge in [-0.25, -0.2) is 4.98 Å². The predicted molar refractivity (Wildman–Crippen MR) is 87.1 cm³/mol. The van der Waals surface area contributed by atoms with E-state index in [2.05, 4.69) is 10.3 Å². The van der Waals surface area contributed by atoms with Crippen LogP contribution < -0.4 is 5.32 Å². The molecule has 0 saturated heterocycles. The van der Waals surface area contributed by atoms with Crippen molar-refractivity contribution in [2.75, 3.05) is 11.9 Å². The van der Waals surface area contributed by atoms with E-state index >= 15 is 0 Å². The first-order valence-corrected chi connectivity index (χ1v) is 8.01. The van der Waals surface area contributed by atoms with Crippen LogP contribution >= 0.6 is 22.9 Å². The third-order valence-electron chi connectivity index (χ3n) is 2.75. The first kappa shape index (κ1) is 16.5. The Bertz CT molecular complexity index is 655. The number of thiazole rings is 1. The lowest BCUT2D eigenvalue weighted by Gasteiger charge is -2.02. The second-order valence-corrected chi connectivity index (χ2v) is 5.69. The number of esters is 1. The number of benzene rings is 1. The molecule has 2 aromatic rings. The van der Waals surface area contributed by atoms with Crippen LogP contribution in [0.5, 0.6) is 0 Å². The van der Waals surface area contributed by atoms with Gasteiger partial charge in [-0.2, -0.15) is 0 Å². The normalized spacial score (nSPS) is 10.3. The smallest absolute Gasteiger partial charge is 0.306 e. The van der Waals surface area contributed by atoms with Crippen molar-refractivity contribution >= 4 is 39.9 Å². The number of hydrogen-bond acceptors (Lipinski definition) is 5. The van der Waals surface area contributed by atoms with Gasteiger partial charge in [0.15, 0.2) is 5.13 Å². The Morgan fingerprint density at radius 2 is 2.00 bits per heavy atom. The van der Waals surface area contributed by atoms with Crippen LogP contribution in [0.4, 0.5) is 5.13 Å². The molecule has 0 saturated carbocycles. The van der Waals surface area contributed by atoms with Gasteiger partial charge in [0.25, 0.3) is 0 Å². The molecule has 0 aliphatic heterocycles. The molecule has 22 heavy (non-hydrogen) atoms. The van der Waals surface area contributed by atoms with Gasteiger partial charge < -0.3 is 10.1 Å². The lowest BCUT2D eigenvalue weighted by molar-refractivity contribution is -0.144. The SMILES string of the molecule is CCOC(=O)CCC(=O)Nc1nc(-c2ccc(Cl)cc2)cs1. The van der Waals surface area contributed by atoms with E-state index in [1.54, 1.807) is 19.1 Å². The monoisotopic (exact) mass is 338 g/mol. The van der Waals surface area contributed by atoms with E-state index in [9.17, 15) is 9.59 Å². The van der Waals surface area contributed by atoms with E-state index in [-0.39, 0.29) is 24.7 Å². The standard InChI is InChI=1S/C15H15ClN2O3S/c1-2-21-14(20)8-7-13(19)18-15-17-12(9-22-15)10-3-5-11(16)6-4-10/h3-6,9H,2,7-8H2,1H3,(H,17,18,19). The fraction of sp³-hybridized carbons (Fsp3) is 0.267. The van der Waals surface area contributed by atoms with E-state index in [0.717, 1.165) is 11.3 Å². The maximum Gasteiger partial charge on any atom is 0.306 e. The maximum atomic E-state index is 11.7. The quantitative estimate of drug-likeness (QED) is 0.814. The number of amides is 1. The first-order chi connectivity index (χ1) is 10.6. The average molecular weight is 339 g/mol. The number of nitrogens with zero attached hydrogens (tertiary/aromatic N) is 1. The van der Waals surface area contributed by atoms with Crippen molar-refractivity contribution < 1.29 is 14.3 Å². The van der Waals surface area contributed by atoms with Crippen LogP contribution in [-0.2, 0) is 14.3 Å². The molecule has 1 amide bonds. The van der Waals surface area contributed by atoms with Crippen molar-refractivity contribution in [2.45, 2.75) is 19.8 Å². The second-order valence-electron chi connectivity index (χ2n) is 4.40. The summed E-state index contributed by atoms with van der Waals surface area (Å²) in [7, 11) is 0. The molecule has 1 aromatic carbocycles. The van der Waals surface area contributed by atoms with Gasteiger partial charge in [0.1, 0.15) is 0 Å². The molecule has 0 aliphatic carbocycles. The van der Waals surface area contributed by atoms with Crippen LogP contribution in [0.25, 0.3) is 11.3 Å². The lowest BCUT2D eigenvalue weighted by atomic mass is 10.2. The highest BCUT2D eigenvalue weighted by Gasteiger charge is 2.10. The average Bonchev–Trinajstić information content (AvgIpc) is 2.95. The molecule has 2 rings (SSSR count). The molecule has 0 spiro atoms. The van der Waals surface area contributed by atoms with Gasteiger partial charge >= 0.3 is 5.97 Å². The van der Waals surface area contributed by atoms with E-state index in [1.807, 2.05) is 17.5 Å². The number of anilines is 1. The summed E-state index contributed by atoms with van der Waals surface area (Å²) in [5.74, 6) is -0.635. The summed E-state index contributed by atoms with van der Waals surface area (Å²) >= 11 is 7.17. The van der Waals surface area contributed by atoms with Crippen molar-refractivity contribution in [3.05, 3.63) is 34.7 Å². The number of aromatic nitrogens is 1. The summed E-state index contributed by atoms with van der Waals surface area (Å²) in [6.07, 6.45) is 0.143. The van der Waals surface area contributed by atoms with E-state index in [4.69, 9.17) is 16.3 Å². The number of nitrogens with one attached hydrogen (secondary N) is 1. The van der Waals surface area contributed by atoms with E-state index in [1.165, 1.54) is 11.3 Å². The molecule has 5 nitrogen and oxygen atoms in total. The molecular weight excluding hydrogens is 324 g/mol. The third-order valence-corrected chi connectivity index (χ3v) is 3.76. The molecule has 116 valence electrons. The van der Waals surface area contributed by atoms with Crippen molar-refractivity contribution in [3.63, 3.8) is 0 Å². The Hall–Kier alpha value is -1.92. The first-order valence-electron chi connectivity index (χ1n) is 6.75. The Morgan fingerprint density at radius 3 is 2.68 bits per heavy atom. The van der Waals surface area contributed by atoms with Crippen LogP contribution in [0.3, 0.4) is 0 Å². The van der Waals surface area contributed by atoms with Crippen LogP contribution in [0.1, 0.15) is 19.8 Å². The van der Waals surface area contributed by atoms with Gasteiger partial charge in [-0.05, 0) is 19.1 Å². The number of ether oxygens (including phenoxy) is 1. The molecule has 1 aromatic heterocycles. The Morgan fingerprint density at radius 1 is 1.27 bits per heavy atom. The molecule has 1 N–H and O–H groups in total. The summed E-state index contributed by atoms with van der Waals surface area (Å²) in [6, 6.07) is 7.30. The minimum Gasteiger partial charge on any atom is -0.466 e. The summed E-state index contributed by atoms with van der Waals surface area (Å²) in [5.41, 5.74) is 1.69. The zero-order chi connectivity index (χ0) is 15.9. The topological polar surface area (TPSA) is 68.3 Å². The van der Waals surface area contributed by atoms with Crippen molar-refractivity contribution in [2.24, 2.45) is 0 Å². The lowest BCUT2D eigenvalue weighted by Crippen LogP contribution is -2.14. The number of halogens is 1. The molecule has 7 heteroatoms. The largest absolute Gasteiger partial charge is 0.466 e. The minimum absolute atomic E-state index is 0.0646.